The van der Waals surface area contributed by atoms with E-state index in [0.717, 1.165) is 40.4 Å². The first-order valence-corrected chi connectivity index (χ1v) is 8.26. The van der Waals surface area contributed by atoms with Gasteiger partial charge in [-0.1, -0.05) is 18.2 Å². The molecule has 0 spiro atoms. The van der Waals surface area contributed by atoms with Gasteiger partial charge in [0.25, 0.3) is 0 Å². The molecular formula is C21H17N3O. The lowest BCUT2D eigenvalue weighted by Crippen LogP contribution is -2.17. The molecule has 4 rings (SSSR count). The number of hydrogen-bond acceptors (Lipinski definition) is 3. The summed E-state index contributed by atoms with van der Waals surface area (Å²) in [6, 6.07) is 15.7. The highest BCUT2D eigenvalue weighted by Gasteiger charge is 2.48. The van der Waals surface area contributed by atoms with Gasteiger partial charge < -0.3 is 5.73 Å². The number of rotatable bonds is 3. The van der Waals surface area contributed by atoms with E-state index in [1.54, 1.807) is 12.3 Å². The second kappa shape index (κ2) is 5.42. The Morgan fingerprint density at radius 2 is 2.00 bits per heavy atom. The summed E-state index contributed by atoms with van der Waals surface area (Å²) in [5.41, 5.74) is 10.5. The van der Waals surface area contributed by atoms with Crippen molar-refractivity contribution in [2.24, 2.45) is 5.73 Å². The normalized spacial score (nSPS) is 14.9. The van der Waals surface area contributed by atoms with Crippen molar-refractivity contribution in [1.82, 2.24) is 4.98 Å². The monoisotopic (exact) mass is 327 g/mol. The van der Waals surface area contributed by atoms with Gasteiger partial charge in [-0.05, 0) is 60.7 Å². The number of nitrogens with two attached hydrogens (primary N) is 1. The SMILES string of the molecule is Cc1c(C(N)=O)cccc1C1(c2cc(C#N)cc3ncccc23)CC1. The van der Waals surface area contributed by atoms with E-state index in [1.807, 2.05) is 37.3 Å². The quantitative estimate of drug-likeness (QED) is 0.798. The summed E-state index contributed by atoms with van der Waals surface area (Å²) in [5.74, 6) is -0.410. The molecule has 25 heavy (non-hydrogen) atoms. The topological polar surface area (TPSA) is 79.8 Å². The van der Waals surface area contributed by atoms with Crippen molar-refractivity contribution in [3.63, 3.8) is 0 Å². The molecular weight excluding hydrogens is 310 g/mol. The minimum Gasteiger partial charge on any atom is -0.366 e. The third kappa shape index (κ3) is 2.28. The average Bonchev–Trinajstić information content (AvgIpc) is 3.42. The number of carbonyl (C=O) groups is 1. The molecule has 0 saturated heterocycles. The number of carbonyl (C=O) groups excluding carboxylic acids is 1. The number of pyridine rings is 1. The molecule has 0 radical (unpaired) electrons. The van der Waals surface area contributed by atoms with Crippen LogP contribution in [0.3, 0.4) is 0 Å². The summed E-state index contributed by atoms with van der Waals surface area (Å²) in [6.45, 7) is 1.95. The molecule has 4 heteroatoms. The summed E-state index contributed by atoms with van der Waals surface area (Å²) in [4.78, 5) is 16.2. The van der Waals surface area contributed by atoms with E-state index in [0.29, 0.717) is 11.1 Å². The van der Waals surface area contributed by atoms with Crippen LogP contribution in [0.4, 0.5) is 0 Å². The van der Waals surface area contributed by atoms with E-state index in [2.05, 4.69) is 17.1 Å². The van der Waals surface area contributed by atoms with Gasteiger partial charge in [-0.3, -0.25) is 9.78 Å². The smallest absolute Gasteiger partial charge is 0.248 e. The molecule has 1 saturated carbocycles. The minimum absolute atomic E-state index is 0.177. The number of primary amides is 1. The van der Waals surface area contributed by atoms with Gasteiger partial charge in [0.05, 0.1) is 17.1 Å². The number of nitriles is 1. The number of benzene rings is 2. The summed E-state index contributed by atoms with van der Waals surface area (Å²) in [6.07, 6.45) is 3.70. The second-order valence-corrected chi connectivity index (χ2v) is 6.63. The molecule has 122 valence electrons. The maximum absolute atomic E-state index is 11.7. The zero-order chi connectivity index (χ0) is 17.6. The maximum atomic E-state index is 11.7. The van der Waals surface area contributed by atoms with E-state index in [-0.39, 0.29) is 5.41 Å². The third-order valence-corrected chi connectivity index (χ3v) is 5.23. The van der Waals surface area contributed by atoms with Crippen LogP contribution in [0, 0.1) is 18.3 Å². The van der Waals surface area contributed by atoms with Gasteiger partial charge in [0.2, 0.25) is 5.91 Å². The highest BCUT2D eigenvalue weighted by atomic mass is 16.1. The Hall–Kier alpha value is -3.19. The van der Waals surface area contributed by atoms with Crippen molar-refractivity contribution in [2.45, 2.75) is 25.2 Å². The molecule has 2 N–H and O–H groups in total. The standard InChI is InChI=1S/C21H17N3O/c1-13-15(20(23)25)4-2-6-17(13)21(7-8-21)18-10-14(12-22)11-19-16(18)5-3-9-24-19/h2-6,9-11H,7-8H2,1H3,(H2,23,25). The van der Waals surface area contributed by atoms with Gasteiger partial charge in [-0.2, -0.15) is 5.26 Å². The molecule has 0 atom stereocenters. The molecule has 1 fully saturated rings. The van der Waals surface area contributed by atoms with Gasteiger partial charge in [0, 0.05) is 22.6 Å². The van der Waals surface area contributed by atoms with E-state index < -0.39 is 5.91 Å². The van der Waals surface area contributed by atoms with Gasteiger partial charge in [0.1, 0.15) is 0 Å². The van der Waals surface area contributed by atoms with Crippen LogP contribution in [0.2, 0.25) is 0 Å². The van der Waals surface area contributed by atoms with Crippen molar-refractivity contribution < 1.29 is 4.79 Å². The zero-order valence-electron chi connectivity index (χ0n) is 13.9. The number of amides is 1. The zero-order valence-corrected chi connectivity index (χ0v) is 13.9. The molecule has 3 aromatic rings. The number of hydrogen-bond donors (Lipinski definition) is 1. The molecule has 1 aliphatic carbocycles. The van der Waals surface area contributed by atoms with Crippen molar-refractivity contribution in [1.29, 1.82) is 5.26 Å². The van der Waals surface area contributed by atoms with E-state index >= 15 is 0 Å². The van der Waals surface area contributed by atoms with Gasteiger partial charge >= 0.3 is 0 Å². The molecule has 1 aliphatic rings. The number of nitrogens with zero attached hydrogens (tertiary/aromatic N) is 2. The molecule has 0 aliphatic heterocycles. The van der Waals surface area contributed by atoms with Crippen molar-refractivity contribution >= 4 is 16.8 Å². The molecule has 1 amide bonds. The summed E-state index contributed by atoms with van der Waals surface area (Å²) < 4.78 is 0. The molecule has 0 unspecified atom stereocenters. The van der Waals surface area contributed by atoms with E-state index in [4.69, 9.17) is 5.73 Å². The molecule has 2 aromatic carbocycles. The molecule has 1 heterocycles. The van der Waals surface area contributed by atoms with Gasteiger partial charge in [-0.15, -0.1) is 0 Å². The van der Waals surface area contributed by atoms with Gasteiger partial charge in [-0.25, -0.2) is 0 Å². The fourth-order valence-corrected chi connectivity index (χ4v) is 3.87. The Morgan fingerprint density at radius 1 is 1.20 bits per heavy atom. The van der Waals surface area contributed by atoms with Crippen LogP contribution >= 0.6 is 0 Å². The predicted molar refractivity (Wildman–Crippen MR) is 96.2 cm³/mol. The van der Waals surface area contributed by atoms with Crippen molar-refractivity contribution in [3.05, 3.63) is 76.5 Å². The van der Waals surface area contributed by atoms with Crippen LogP contribution in [0.1, 0.15) is 45.5 Å². The van der Waals surface area contributed by atoms with Crippen LogP contribution in [-0.2, 0) is 5.41 Å². The van der Waals surface area contributed by atoms with Gasteiger partial charge in [0.15, 0.2) is 0 Å². The van der Waals surface area contributed by atoms with Crippen molar-refractivity contribution in [2.75, 3.05) is 0 Å². The largest absolute Gasteiger partial charge is 0.366 e. The first-order valence-electron chi connectivity index (χ1n) is 8.26. The lowest BCUT2D eigenvalue weighted by molar-refractivity contribution is 0.0999. The number of aromatic nitrogens is 1. The van der Waals surface area contributed by atoms with Crippen molar-refractivity contribution in [3.8, 4) is 6.07 Å². The van der Waals surface area contributed by atoms with Crippen LogP contribution in [-0.4, -0.2) is 10.9 Å². The van der Waals surface area contributed by atoms with E-state index in [9.17, 15) is 10.1 Å². The molecule has 1 aromatic heterocycles. The average molecular weight is 327 g/mol. The third-order valence-electron chi connectivity index (χ3n) is 5.23. The molecule has 0 bridgehead atoms. The summed E-state index contributed by atoms with van der Waals surface area (Å²) in [5, 5.41) is 10.5. The highest BCUT2D eigenvalue weighted by molar-refractivity contribution is 5.95. The maximum Gasteiger partial charge on any atom is 0.248 e. The second-order valence-electron chi connectivity index (χ2n) is 6.63. The Morgan fingerprint density at radius 3 is 2.68 bits per heavy atom. The van der Waals surface area contributed by atoms with E-state index in [1.165, 1.54) is 0 Å². The Bertz CT molecular complexity index is 1060. The Labute approximate surface area is 145 Å². The predicted octanol–water partition coefficient (Wildman–Crippen LogP) is 3.59. The Kier molecular flexibility index (Phi) is 3.33. The summed E-state index contributed by atoms with van der Waals surface area (Å²) >= 11 is 0. The molecule has 4 nitrogen and oxygen atoms in total. The fourth-order valence-electron chi connectivity index (χ4n) is 3.87. The van der Waals surface area contributed by atoms with Crippen LogP contribution in [0.15, 0.2) is 48.7 Å². The van der Waals surface area contributed by atoms with Crippen LogP contribution in [0.5, 0.6) is 0 Å². The Balaban J connectivity index is 2.00. The first kappa shape index (κ1) is 15.3. The first-order chi connectivity index (χ1) is 12.1. The summed E-state index contributed by atoms with van der Waals surface area (Å²) in [7, 11) is 0. The number of fused-ring (bicyclic) bond motifs is 1. The van der Waals surface area contributed by atoms with Crippen LogP contribution < -0.4 is 5.73 Å². The lowest BCUT2D eigenvalue weighted by atomic mass is 9.81. The highest BCUT2D eigenvalue weighted by Crippen LogP contribution is 2.56. The van der Waals surface area contributed by atoms with Crippen LogP contribution in [0.25, 0.3) is 10.9 Å². The fraction of sp³-hybridized carbons (Fsp3) is 0.190. The minimum atomic E-state index is -0.410. The lowest BCUT2D eigenvalue weighted by Gasteiger charge is -2.22.